The molecule has 0 amide bonds. The van der Waals surface area contributed by atoms with Gasteiger partial charge in [-0.25, -0.2) is 0 Å². The van der Waals surface area contributed by atoms with Crippen LogP contribution in [0.15, 0.2) is 9.98 Å². The third-order valence-electron chi connectivity index (χ3n) is 1.38. The molecule has 0 aromatic carbocycles. The van der Waals surface area contributed by atoms with Crippen LogP contribution in [0.4, 0.5) is 0 Å². The van der Waals surface area contributed by atoms with E-state index in [-0.39, 0.29) is 0 Å². The van der Waals surface area contributed by atoms with Gasteiger partial charge in [-0.05, 0) is 6.54 Å². The van der Waals surface area contributed by atoms with Crippen molar-refractivity contribution in [3.05, 3.63) is 0 Å². The molecule has 0 aliphatic heterocycles. The summed E-state index contributed by atoms with van der Waals surface area (Å²) < 4.78 is 0. The summed E-state index contributed by atoms with van der Waals surface area (Å²) in [6, 6.07) is 0. The Hall–Kier alpha value is -0.900. The number of nitrogens with zero attached hydrogens (tertiary/aromatic N) is 2. The number of rotatable bonds is 5. The Morgan fingerprint density at radius 3 is 2.67 bits per heavy atom. The molecule has 0 radical (unpaired) electrons. The smallest absolute Gasteiger partial charge is 0.101 e. The Morgan fingerprint density at radius 1 is 1.42 bits per heavy atom. The molecule has 0 rings (SSSR count). The summed E-state index contributed by atoms with van der Waals surface area (Å²) in [4.78, 5) is 8.09. The van der Waals surface area contributed by atoms with Crippen molar-refractivity contribution in [2.24, 2.45) is 9.98 Å². The van der Waals surface area contributed by atoms with E-state index in [0.29, 0.717) is 6.67 Å². The molecule has 12 heavy (non-hydrogen) atoms. The zero-order valence-corrected chi connectivity index (χ0v) is 8.09. The lowest BCUT2D eigenvalue weighted by molar-refractivity contribution is 0.744. The normalized spacial score (nSPS) is 12.4. The van der Waals surface area contributed by atoms with E-state index in [1.807, 2.05) is 13.8 Å². The Balaban J connectivity index is 3.45. The van der Waals surface area contributed by atoms with E-state index in [1.54, 1.807) is 13.4 Å². The van der Waals surface area contributed by atoms with Crippen molar-refractivity contribution in [1.82, 2.24) is 10.6 Å². The van der Waals surface area contributed by atoms with Gasteiger partial charge in [-0.15, -0.1) is 0 Å². The Bertz CT molecular complexity index is 151. The topological polar surface area (TPSA) is 48.8 Å². The predicted octanol–water partition coefficient (Wildman–Crippen LogP) is 0.610. The van der Waals surface area contributed by atoms with Crippen LogP contribution in [0.5, 0.6) is 0 Å². The minimum Gasteiger partial charge on any atom is -0.335 e. The average molecular weight is 170 g/mol. The van der Waals surface area contributed by atoms with Gasteiger partial charge in [-0.2, -0.15) is 0 Å². The number of hydrogen-bond donors (Lipinski definition) is 2. The lowest BCUT2D eigenvalue weighted by Gasteiger charge is -1.99. The van der Waals surface area contributed by atoms with Gasteiger partial charge in [0.15, 0.2) is 0 Å². The molecule has 0 aromatic rings. The number of aliphatic imine (C=N–C) groups is 2. The molecule has 0 unspecified atom stereocenters. The quantitative estimate of drug-likeness (QED) is 0.361. The SMILES string of the molecule is CCNCN=CNC(CC)=NC. The highest BCUT2D eigenvalue weighted by molar-refractivity contribution is 5.91. The molecule has 0 spiro atoms. The van der Waals surface area contributed by atoms with E-state index in [0.717, 1.165) is 18.8 Å². The van der Waals surface area contributed by atoms with E-state index in [9.17, 15) is 0 Å². The zero-order valence-electron chi connectivity index (χ0n) is 8.09. The summed E-state index contributed by atoms with van der Waals surface area (Å²) in [5.74, 6) is 0.954. The first-order chi connectivity index (χ1) is 5.85. The molecule has 0 atom stereocenters. The van der Waals surface area contributed by atoms with Crippen LogP contribution >= 0.6 is 0 Å². The molecule has 0 aliphatic rings. The summed E-state index contributed by atoms with van der Waals surface area (Å²) >= 11 is 0. The highest BCUT2D eigenvalue weighted by Crippen LogP contribution is 1.76. The van der Waals surface area contributed by atoms with Crippen LogP contribution < -0.4 is 10.6 Å². The van der Waals surface area contributed by atoms with Crippen LogP contribution in [0, 0.1) is 0 Å². The van der Waals surface area contributed by atoms with Crippen LogP contribution in [0.2, 0.25) is 0 Å². The molecule has 0 aromatic heterocycles. The molecule has 0 fully saturated rings. The average Bonchev–Trinajstić information content (AvgIpc) is 2.11. The third kappa shape index (κ3) is 5.85. The van der Waals surface area contributed by atoms with E-state index >= 15 is 0 Å². The molecule has 2 N–H and O–H groups in total. The van der Waals surface area contributed by atoms with Crippen LogP contribution in [-0.4, -0.2) is 32.4 Å². The predicted molar refractivity (Wildman–Crippen MR) is 53.8 cm³/mol. The van der Waals surface area contributed by atoms with Crippen molar-refractivity contribution in [3.8, 4) is 0 Å². The van der Waals surface area contributed by atoms with Crippen LogP contribution in [0.1, 0.15) is 20.3 Å². The van der Waals surface area contributed by atoms with Gasteiger partial charge in [0.2, 0.25) is 0 Å². The van der Waals surface area contributed by atoms with Gasteiger partial charge in [0, 0.05) is 13.5 Å². The number of hydrogen-bond acceptors (Lipinski definition) is 3. The first-order valence-electron chi connectivity index (χ1n) is 4.26. The monoisotopic (exact) mass is 170 g/mol. The molecular formula is C8H18N4. The lowest BCUT2D eigenvalue weighted by atomic mass is 10.4. The molecule has 0 saturated heterocycles. The van der Waals surface area contributed by atoms with E-state index in [1.165, 1.54) is 0 Å². The minimum atomic E-state index is 0.657. The molecular weight excluding hydrogens is 152 g/mol. The second-order valence-corrected chi connectivity index (χ2v) is 2.24. The van der Waals surface area contributed by atoms with Crippen LogP contribution in [0.3, 0.4) is 0 Å². The maximum absolute atomic E-state index is 4.07. The van der Waals surface area contributed by atoms with Crippen molar-refractivity contribution in [1.29, 1.82) is 0 Å². The molecule has 0 saturated carbocycles. The maximum Gasteiger partial charge on any atom is 0.101 e. The molecule has 4 nitrogen and oxygen atoms in total. The summed E-state index contributed by atoms with van der Waals surface area (Å²) in [6.07, 6.45) is 2.58. The van der Waals surface area contributed by atoms with Gasteiger partial charge in [0.25, 0.3) is 0 Å². The Kier molecular flexibility index (Phi) is 7.58. The highest BCUT2D eigenvalue weighted by Gasteiger charge is 1.86. The standard InChI is InChI=1S/C8H18N4/c1-4-8(9-3)12-7-11-6-10-5-2/h7,10H,4-6H2,1-3H3,(H,9,11,12). The first kappa shape index (κ1) is 11.1. The summed E-state index contributed by atoms with van der Waals surface area (Å²) in [6.45, 7) is 5.70. The van der Waals surface area contributed by atoms with Gasteiger partial charge >= 0.3 is 0 Å². The molecule has 0 aliphatic carbocycles. The third-order valence-corrected chi connectivity index (χ3v) is 1.38. The van der Waals surface area contributed by atoms with Gasteiger partial charge < -0.3 is 5.32 Å². The van der Waals surface area contributed by atoms with Gasteiger partial charge in [-0.1, -0.05) is 13.8 Å². The van der Waals surface area contributed by atoms with Gasteiger partial charge in [0.1, 0.15) is 5.84 Å². The zero-order chi connectivity index (χ0) is 9.23. The second kappa shape index (κ2) is 8.20. The number of amidine groups is 1. The summed E-state index contributed by atoms with van der Waals surface area (Å²) in [5.41, 5.74) is 0. The molecule has 0 heterocycles. The first-order valence-corrected chi connectivity index (χ1v) is 4.26. The van der Waals surface area contributed by atoms with E-state index in [4.69, 9.17) is 0 Å². The van der Waals surface area contributed by atoms with E-state index in [2.05, 4.69) is 20.6 Å². The lowest BCUT2D eigenvalue weighted by Crippen LogP contribution is -2.22. The van der Waals surface area contributed by atoms with Crippen molar-refractivity contribution in [2.45, 2.75) is 20.3 Å². The molecule has 0 bridgehead atoms. The van der Waals surface area contributed by atoms with Gasteiger partial charge in [-0.3, -0.25) is 15.3 Å². The fourth-order valence-electron chi connectivity index (χ4n) is 0.667. The van der Waals surface area contributed by atoms with Crippen LogP contribution in [-0.2, 0) is 0 Å². The summed E-state index contributed by atoms with van der Waals surface area (Å²) in [5, 5.41) is 6.08. The van der Waals surface area contributed by atoms with Crippen molar-refractivity contribution in [3.63, 3.8) is 0 Å². The Labute approximate surface area is 74.2 Å². The van der Waals surface area contributed by atoms with Crippen LogP contribution in [0.25, 0.3) is 0 Å². The van der Waals surface area contributed by atoms with E-state index < -0.39 is 0 Å². The fourth-order valence-corrected chi connectivity index (χ4v) is 0.667. The van der Waals surface area contributed by atoms with Gasteiger partial charge in [0.05, 0.1) is 13.0 Å². The highest BCUT2D eigenvalue weighted by atomic mass is 15.1. The van der Waals surface area contributed by atoms with Crippen molar-refractivity contribution in [2.75, 3.05) is 20.3 Å². The van der Waals surface area contributed by atoms with Crippen molar-refractivity contribution >= 4 is 12.2 Å². The number of nitrogens with one attached hydrogen (secondary N) is 2. The second-order valence-electron chi connectivity index (χ2n) is 2.24. The minimum absolute atomic E-state index is 0.657. The largest absolute Gasteiger partial charge is 0.335 e. The maximum atomic E-state index is 4.07. The molecule has 70 valence electrons. The fraction of sp³-hybridized carbons (Fsp3) is 0.750. The summed E-state index contributed by atoms with van der Waals surface area (Å²) in [7, 11) is 1.77. The molecule has 4 heteroatoms. The Morgan fingerprint density at radius 2 is 2.17 bits per heavy atom. The van der Waals surface area contributed by atoms with Crippen molar-refractivity contribution < 1.29 is 0 Å².